The van der Waals surface area contributed by atoms with Crippen LogP contribution in [0.4, 0.5) is 0 Å². The molecule has 0 amide bonds. The van der Waals surface area contributed by atoms with Gasteiger partial charge in [0.2, 0.25) is 0 Å². The Bertz CT molecular complexity index is 3470. The van der Waals surface area contributed by atoms with Crippen LogP contribution in [0.15, 0.2) is 164 Å². The first kappa shape index (κ1) is 40.1. The Morgan fingerprint density at radius 2 is 0.955 bits per heavy atom. The molecule has 5 aliphatic carbocycles. The fourth-order valence-electron chi connectivity index (χ4n) is 16.1. The van der Waals surface area contributed by atoms with E-state index in [2.05, 4.69) is 197 Å². The molecule has 9 aromatic rings. The predicted molar refractivity (Wildman–Crippen MR) is 283 cm³/mol. The molecule has 5 aliphatic rings. The van der Waals surface area contributed by atoms with Crippen LogP contribution in [0.25, 0.3) is 66.0 Å². The zero-order chi connectivity index (χ0) is 44.3. The van der Waals surface area contributed by atoms with Gasteiger partial charge in [-0.15, -0.1) is 0 Å². The van der Waals surface area contributed by atoms with E-state index >= 15 is 0 Å². The number of hydrogen-bond donors (Lipinski definition) is 0. The SMILES string of the molecule is CC=Cc1ccc2ccccc2c1C12CC3(c4c(C)c(CCCC)cc5ccccc45)CC(c4c5c(cc6ccccc46)CCC=C5)(C1)CC(c1c4ccccc4cc4ccccc14)(C2)C3. The molecule has 4 fully saturated rings. The van der Waals surface area contributed by atoms with E-state index in [1.807, 2.05) is 0 Å². The van der Waals surface area contributed by atoms with Gasteiger partial charge in [0.1, 0.15) is 0 Å². The minimum absolute atomic E-state index is 0.120. The maximum Gasteiger partial charge on any atom is -0.000923 e. The largest absolute Gasteiger partial charge is 0.0871 e. The summed E-state index contributed by atoms with van der Waals surface area (Å²) < 4.78 is 0. The molecule has 0 nitrogen and oxygen atoms in total. The van der Waals surface area contributed by atoms with Crippen LogP contribution in [0.3, 0.4) is 0 Å². The third-order valence-corrected chi connectivity index (χ3v) is 17.5. The second-order valence-corrected chi connectivity index (χ2v) is 21.5. The predicted octanol–water partition coefficient (Wildman–Crippen LogP) is 17.5. The van der Waals surface area contributed by atoms with Crippen molar-refractivity contribution in [2.75, 3.05) is 0 Å². The van der Waals surface area contributed by atoms with Gasteiger partial charge in [-0.25, -0.2) is 0 Å². The van der Waals surface area contributed by atoms with E-state index in [0.29, 0.717) is 0 Å². The van der Waals surface area contributed by atoms with Gasteiger partial charge in [-0.2, -0.15) is 0 Å². The van der Waals surface area contributed by atoms with Crippen LogP contribution in [0, 0.1) is 6.92 Å². The lowest BCUT2D eigenvalue weighted by Crippen LogP contribution is -2.67. The average Bonchev–Trinajstić information content (AvgIpc) is 3.33. The second kappa shape index (κ2) is 14.9. The van der Waals surface area contributed by atoms with E-state index in [9.17, 15) is 0 Å². The summed E-state index contributed by atoms with van der Waals surface area (Å²) in [5.41, 5.74) is 13.5. The Morgan fingerprint density at radius 3 is 1.55 bits per heavy atom. The first-order valence-electron chi connectivity index (χ1n) is 25.2. The van der Waals surface area contributed by atoms with Crippen molar-refractivity contribution >= 4 is 66.0 Å². The smallest absolute Gasteiger partial charge is 0.000923 e. The maximum atomic E-state index is 2.57. The lowest BCUT2D eigenvalue weighted by Gasteiger charge is -2.72. The summed E-state index contributed by atoms with van der Waals surface area (Å²) in [5, 5.41) is 14.2. The summed E-state index contributed by atoms with van der Waals surface area (Å²) in [7, 11) is 0. The van der Waals surface area contributed by atoms with Gasteiger partial charge in [-0.1, -0.05) is 183 Å². The molecule has 0 heteroatoms. The fourth-order valence-corrected chi connectivity index (χ4v) is 16.1. The molecule has 0 heterocycles. The summed E-state index contributed by atoms with van der Waals surface area (Å²) in [4.78, 5) is 0. The van der Waals surface area contributed by atoms with Gasteiger partial charge in [-0.3, -0.25) is 0 Å². The van der Waals surface area contributed by atoms with Crippen LogP contribution < -0.4 is 0 Å². The molecule has 14 rings (SSSR count). The molecule has 66 heavy (non-hydrogen) atoms. The molecule has 0 saturated heterocycles. The quantitative estimate of drug-likeness (QED) is 0.134. The van der Waals surface area contributed by atoms with E-state index in [4.69, 9.17) is 0 Å². The van der Waals surface area contributed by atoms with Gasteiger partial charge < -0.3 is 0 Å². The van der Waals surface area contributed by atoms with Crippen molar-refractivity contribution in [3.05, 3.63) is 214 Å². The Kier molecular flexibility index (Phi) is 9.04. The molecular formula is C66H60. The van der Waals surface area contributed by atoms with Crippen molar-refractivity contribution in [3.8, 4) is 0 Å². The van der Waals surface area contributed by atoms with E-state index in [1.54, 1.807) is 33.4 Å². The monoisotopic (exact) mass is 852 g/mol. The Morgan fingerprint density at radius 1 is 0.485 bits per heavy atom. The van der Waals surface area contributed by atoms with Gasteiger partial charge in [0.15, 0.2) is 0 Å². The highest BCUT2D eigenvalue weighted by molar-refractivity contribution is 6.04. The molecule has 0 aliphatic heterocycles. The van der Waals surface area contributed by atoms with E-state index in [0.717, 1.165) is 57.8 Å². The number of rotatable bonds is 8. The summed E-state index contributed by atoms with van der Waals surface area (Å²) in [6.45, 7) is 7.11. The minimum atomic E-state index is -0.144. The van der Waals surface area contributed by atoms with Crippen molar-refractivity contribution in [2.45, 2.75) is 113 Å². The van der Waals surface area contributed by atoms with Crippen molar-refractivity contribution in [3.63, 3.8) is 0 Å². The number of allylic oxidation sites excluding steroid dienone is 2. The normalized spacial score (nSPS) is 24.4. The first-order valence-corrected chi connectivity index (χ1v) is 25.2. The molecule has 324 valence electrons. The number of aryl methyl sites for hydroxylation is 2. The second-order valence-electron chi connectivity index (χ2n) is 21.5. The molecule has 4 saturated carbocycles. The summed E-state index contributed by atoms with van der Waals surface area (Å²) >= 11 is 0. The standard InChI is InChI=1S/C66H60/c1-4-6-20-47-35-48-22-8-14-28-54(48)59(44(47)3)63-38-64(60-46(19-5-2)34-33-45-21-7-13-27-53(45)60)41-65(39-63,61-55-29-15-9-23-49(55)36-50-24-10-16-30-56(50)61)43-66(40-63,42-64)62-57-31-17-11-25-51(57)37-52-26-12-18-32-58(52)62/h5,7-11,13-19,21-25,27-37H,4,6,12,20,26,38-43H2,1-3H3. The van der Waals surface area contributed by atoms with Gasteiger partial charge in [-0.05, 0) is 210 Å². The van der Waals surface area contributed by atoms with Crippen LogP contribution in [0.1, 0.15) is 122 Å². The molecule has 9 aromatic carbocycles. The molecule has 0 aromatic heterocycles. The van der Waals surface area contributed by atoms with Gasteiger partial charge in [0, 0.05) is 0 Å². The number of hydrogen-bond acceptors (Lipinski definition) is 0. The highest BCUT2D eigenvalue weighted by atomic mass is 14.7. The zero-order valence-corrected chi connectivity index (χ0v) is 39.0. The third-order valence-electron chi connectivity index (χ3n) is 17.5. The summed E-state index contributed by atoms with van der Waals surface area (Å²) in [5.74, 6) is 0. The first-order chi connectivity index (χ1) is 32.4. The number of fused-ring (bicyclic) bond motifs is 6. The minimum Gasteiger partial charge on any atom is -0.0871 e. The molecule has 0 radical (unpaired) electrons. The molecule has 0 N–H and O–H groups in total. The van der Waals surface area contributed by atoms with E-state index in [1.165, 1.54) is 83.4 Å². The van der Waals surface area contributed by atoms with Crippen molar-refractivity contribution in [1.82, 2.24) is 0 Å². The Labute approximate surface area is 391 Å². The van der Waals surface area contributed by atoms with Gasteiger partial charge in [0.25, 0.3) is 0 Å². The molecule has 4 atom stereocenters. The summed E-state index contributed by atoms with van der Waals surface area (Å²) in [6, 6.07) is 59.9. The molecular weight excluding hydrogens is 793 g/mol. The highest BCUT2D eigenvalue weighted by Gasteiger charge is 2.71. The maximum absolute atomic E-state index is 2.57. The van der Waals surface area contributed by atoms with Gasteiger partial charge >= 0.3 is 0 Å². The fraction of sp³-hybridized carbons (Fsp3) is 0.273. The van der Waals surface area contributed by atoms with Crippen LogP contribution >= 0.6 is 0 Å². The zero-order valence-electron chi connectivity index (χ0n) is 39.0. The topological polar surface area (TPSA) is 0 Å². The van der Waals surface area contributed by atoms with Gasteiger partial charge in [0.05, 0.1) is 0 Å². The number of benzene rings is 9. The lowest BCUT2D eigenvalue weighted by atomic mass is 9.31. The van der Waals surface area contributed by atoms with E-state index < -0.39 is 0 Å². The number of unbranched alkanes of at least 4 members (excludes halogenated alkanes) is 1. The average molecular weight is 853 g/mol. The van der Waals surface area contributed by atoms with E-state index in [-0.39, 0.29) is 21.7 Å². The third kappa shape index (κ3) is 5.76. The van der Waals surface area contributed by atoms with Crippen LogP contribution in [0.2, 0.25) is 0 Å². The molecule has 4 bridgehead atoms. The van der Waals surface area contributed by atoms with Crippen molar-refractivity contribution < 1.29 is 0 Å². The summed E-state index contributed by atoms with van der Waals surface area (Å²) in [6.07, 6.45) is 22.4. The Hall–Kier alpha value is -6.24. The van der Waals surface area contributed by atoms with Crippen LogP contribution in [0.5, 0.6) is 0 Å². The van der Waals surface area contributed by atoms with Crippen LogP contribution in [-0.2, 0) is 34.5 Å². The molecule has 0 spiro atoms. The molecule has 4 unspecified atom stereocenters. The highest BCUT2D eigenvalue weighted by Crippen LogP contribution is 2.77. The lowest BCUT2D eigenvalue weighted by molar-refractivity contribution is -0.0668. The van der Waals surface area contributed by atoms with Crippen LogP contribution in [-0.4, -0.2) is 0 Å². The van der Waals surface area contributed by atoms with Crippen molar-refractivity contribution in [1.29, 1.82) is 0 Å². The van der Waals surface area contributed by atoms with Crippen molar-refractivity contribution in [2.24, 2.45) is 0 Å². The Balaban J connectivity index is 1.25.